The van der Waals surface area contributed by atoms with E-state index in [0.29, 0.717) is 5.41 Å². The van der Waals surface area contributed by atoms with Crippen LogP contribution in [0.2, 0.25) is 0 Å². The third-order valence-electron chi connectivity index (χ3n) is 3.99. The molecule has 1 aliphatic rings. The highest BCUT2D eigenvalue weighted by Gasteiger charge is 2.37. The SMILES string of the molecule is Cc1ccccc1C1(CC(C)(C)C)CCCCN1. The average Bonchev–Trinajstić information content (AvgIpc) is 2.28. The number of hydrogen-bond acceptors (Lipinski definition) is 1. The molecule has 0 radical (unpaired) electrons. The van der Waals surface area contributed by atoms with E-state index in [9.17, 15) is 0 Å². The van der Waals surface area contributed by atoms with Crippen molar-refractivity contribution in [1.82, 2.24) is 5.32 Å². The highest BCUT2D eigenvalue weighted by atomic mass is 15.0. The van der Waals surface area contributed by atoms with Gasteiger partial charge in [0.2, 0.25) is 0 Å². The predicted octanol–water partition coefficient (Wildman–Crippen LogP) is 4.40. The summed E-state index contributed by atoms with van der Waals surface area (Å²) in [5.41, 5.74) is 3.49. The maximum absolute atomic E-state index is 3.85. The quantitative estimate of drug-likeness (QED) is 0.814. The van der Waals surface area contributed by atoms with E-state index < -0.39 is 0 Å². The van der Waals surface area contributed by atoms with Crippen LogP contribution in [-0.4, -0.2) is 6.54 Å². The maximum atomic E-state index is 3.85. The Kier molecular flexibility index (Phi) is 3.82. The molecule has 18 heavy (non-hydrogen) atoms. The largest absolute Gasteiger partial charge is 0.307 e. The number of hydrogen-bond donors (Lipinski definition) is 1. The van der Waals surface area contributed by atoms with Crippen molar-refractivity contribution < 1.29 is 0 Å². The molecule has 1 aliphatic heterocycles. The zero-order chi connectivity index (χ0) is 13.2. The molecule has 1 aromatic carbocycles. The van der Waals surface area contributed by atoms with E-state index >= 15 is 0 Å². The summed E-state index contributed by atoms with van der Waals surface area (Å²) in [6, 6.07) is 8.89. The van der Waals surface area contributed by atoms with Crippen molar-refractivity contribution in [2.75, 3.05) is 6.54 Å². The third kappa shape index (κ3) is 2.95. The first-order valence-corrected chi connectivity index (χ1v) is 7.24. The van der Waals surface area contributed by atoms with Crippen LogP contribution in [0.3, 0.4) is 0 Å². The van der Waals surface area contributed by atoms with Crippen molar-refractivity contribution in [3.8, 4) is 0 Å². The van der Waals surface area contributed by atoms with Crippen LogP contribution in [-0.2, 0) is 5.54 Å². The lowest BCUT2D eigenvalue weighted by Crippen LogP contribution is -2.48. The first-order valence-electron chi connectivity index (χ1n) is 7.24. The van der Waals surface area contributed by atoms with Crippen LogP contribution in [0.4, 0.5) is 0 Å². The Balaban J connectivity index is 2.39. The molecule has 1 heterocycles. The van der Waals surface area contributed by atoms with Gasteiger partial charge in [0.15, 0.2) is 0 Å². The van der Waals surface area contributed by atoms with Gasteiger partial charge in [-0.05, 0) is 49.3 Å². The molecule has 1 unspecified atom stereocenters. The van der Waals surface area contributed by atoms with E-state index in [4.69, 9.17) is 0 Å². The van der Waals surface area contributed by atoms with Gasteiger partial charge in [0, 0.05) is 5.54 Å². The third-order valence-corrected chi connectivity index (χ3v) is 3.99. The molecule has 1 atom stereocenters. The van der Waals surface area contributed by atoms with E-state index in [1.807, 2.05) is 0 Å². The summed E-state index contributed by atoms with van der Waals surface area (Å²) < 4.78 is 0. The summed E-state index contributed by atoms with van der Waals surface area (Å²) in [5.74, 6) is 0. The fourth-order valence-electron chi connectivity index (χ4n) is 3.46. The lowest BCUT2D eigenvalue weighted by atomic mass is 9.71. The Hall–Kier alpha value is -0.820. The molecule has 1 fully saturated rings. The van der Waals surface area contributed by atoms with Gasteiger partial charge in [-0.3, -0.25) is 0 Å². The van der Waals surface area contributed by atoms with Gasteiger partial charge in [-0.15, -0.1) is 0 Å². The molecular weight excluding hydrogens is 218 g/mol. The molecule has 0 bridgehead atoms. The normalized spacial score (nSPS) is 25.1. The summed E-state index contributed by atoms with van der Waals surface area (Å²) in [6.45, 7) is 10.5. The molecule has 0 amide bonds. The summed E-state index contributed by atoms with van der Waals surface area (Å²) in [7, 11) is 0. The molecule has 0 spiro atoms. The van der Waals surface area contributed by atoms with Gasteiger partial charge in [-0.1, -0.05) is 51.5 Å². The van der Waals surface area contributed by atoms with Gasteiger partial charge in [0.05, 0.1) is 0 Å². The van der Waals surface area contributed by atoms with E-state index in [1.165, 1.54) is 36.8 Å². The number of aryl methyl sites for hydroxylation is 1. The van der Waals surface area contributed by atoms with Crippen LogP contribution < -0.4 is 5.32 Å². The zero-order valence-electron chi connectivity index (χ0n) is 12.3. The minimum absolute atomic E-state index is 0.196. The molecule has 2 rings (SSSR count). The smallest absolute Gasteiger partial charge is 0.0442 e. The molecule has 100 valence electrons. The van der Waals surface area contributed by atoms with Crippen LogP contribution in [0, 0.1) is 12.3 Å². The summed E-state index contributed by atoms with van der Waals surface area (Å²) >= 11 is 0. The molecular formula is C17H27N. The monoisotopic (exact) mass is 245 g/mol. The summed E-state index contributed by atoms with van der Waals surface area (Å²) in [5, 5.41) is 3.85. The van der Waals surface area contributed by atoms with Crippen LogP contribution in [0.25, 0.3) is 0 Å². The van der Waals surface area contributed by atoms with Crippen LogP contribution in [0.15, 0.2) is 24.3 Å². The van der Waals surface area contributed by atoms with E-state index in [0.717, 1.165) is 6.54 Å². The average molecular weight is 245 g/mol. The maximum Gasteiger partial charge on any atom is 0.0442 e. The van der Waals surface area contributed by atoms with E-state index in [2.05, 4.69) is 57.3 Å². The molecule has 1 aromatic rings. The molecule has 0 saturated carbocycles. The second-order valence-corrected chi connectivity index (χ2v) is 7.02. The first kappa shape index (κ1) is 13.6. The molecule has 1 heteroatoms. The Morgan fingerprint density at radius 1 is 1.17 bits per heavy atom. The lowest BCUT2D eigenvalue weighted by Gasteiger charge is -2.44. The Morgan fingerprint density at radius 2 is 1.89 bits per heavy atom. The predicted molar refractivity (Wildman–Crippen MR) is 78.8 cm³/mol. The van der Waals surface area contributed by atoms with Crippen LogP contribution in [0.5, 0.6) is 0 Å². The molecule has 1 saturated heterocycles. The fourth-order valence-corrected chi connectivity index (χ4v) is 3.46. The van der Waals surface area contributed by atoms with Gasteiger partial charge in [0.1, 0.15) is 0 Å². The Morgan fingerprint density at radius 3 is 2.44 bits per heavy atom. The second-order valence-electron chi connectivity index (χ2n) is 7.02. The zero-order valence-corrected chi connectivity index (χ0v) is 12.3. The van der Waals surface area contributed by atoms with Gasteiger partial charge >= 0.3 is 0 Å². The topological polar surface area (TPSA) is 12.0 Å². The minimum atomic E-state index is 0.196. The van der Waals surface area contributed by atoms with Crippen LogP contribution >= 0.6 is 0 Å². The van der Waals surface area contributed by atoms with E-state index in [-0.39, 0.29) is 5.54 Å². The van der Waals surface area contributed by atoms with Crippen LogP contribution in [0.1, 0.15) is 57.6 Å². The highest BCUT2D eigenvalue weighted by Crippen LogP contribution is 2.41. The molecule has 0 aliphatic carbocycles. The number of rotatable bonds is 2. The summed E-state index contributed by atoms with van der Waals surface area (Å²) in [4.78, 5) is 0. The Labute approximate surface area is 112 Å². The van der Waals surface area contributed by atoms with Crippen molar-refractivity contribution in [3.63, 3.8) is 0 Å². The first-order chi connectivity index (χ1) is 8.43. The standard InChI is InChI=1S/C17H27N/c1-14-9-5-6-10-15(14)17(13-16(2,3)4)11-7-8-12-18-17/h5-6,9-10,18H,7-8,11-13H2,1-4H3. The van der Waals surface area contributed by atoms with Gasteiger partial charge in [-0.25, -0.2) is 0 Å². The van der Waals surface area contributed by atoms with Crippen molar-refractivity contribution >= 4 is 0 Å². The van der Waals surface area contributed by atoms with Gasteiger partial charge in [-0.2, -0.15) is 0 Å². The van der Waals surface area contributed by atoms with Crippen molar-refractivity contribution in [1.29, 1.82) is 0 Å². The minimum Gasteiger partial charge on any atom is -0.307 e. The fraction of sp³-hybridized carbons (Fsp3) is 0.647. The van der Waals surface area contributed by atoms with E-state index in [1.54, 1.807) is 0 Å². The van der Waals surface area contributed by atoms with Crippen molar-refractivity contribution in [2.45, 2.75) is 58.9 Å². The molecule has 1 N–H and O–H groups in total. The van der Waals surface area contributed by atoms with Crippen molar-refractivity contribution in [2.24, 2.45) is 5.41 Å². The second kappa shape index (κ2) is 5.05. The highest BCUT2D eigenvalue weighted by molar-refractivity contribution is 5.33. The van der Waals surface area contributed by atoms with Gasteiger partial charge in [0.25, 0.3) is 0 Å². The summed E-state index contributed by atoms with van der Waals surface area (Å²) in [6.07, 6.45) is 5.15. The van der Waals surface area contributed by atoms with Crippen molar-refractivity contribution in [3.05, 3.63) is 35.4 Å². The lowest BCUT2D eigenvalue weighted by molar-refractivity contribution is 0.168. The molecule has 0 aromatic heterocycles. The number of benzene rings is 1. The Bertz CT molecular complexity index is 394. The van der Waals surface area contributed by atoms with Gasteiger partial charge < -0.3 is 5.32 Å². The molecule has 1 nitrogen and oxygen atoms in total. The number of nitrogens with one attached hydrogen (secondary N) is 1. The number of piperidine rings is 1.